The second kappa shape index (κ2) is 9.27. The van der Waals surface area contributed by atoms with Gasteiger partial charge in [0.1, 0.15) is 11.8 Å². The summed E-state index contributed by atoms with van der Waals surface area (Å²) in [6.45, 7) is 2.60. The Morgan fingerprint density at radius 2 is 2.00 bits per heavy atom. The average Bonchev–Trinajstić information content (AvgIpc) is 3.32. The lowest BCUT2D eigenvalue weighted by molar-refractivity contribution is -0.139. The fourth-order valence-corrected chi connectivity index (χ4v) is 4.23. The number of nitrogens with zero attached hydrogens (tertiary/aromatic N) is 1. The lowest BCUT2D eigenvalue weighted by atomic mass is 9.92. The summed E-state index contributed by atoms with van der Waals surface area (Å²) in [4.78, 5) is 40.0. The summed E-state index contributed by atoms with van der Waals surface area (Å²) in [6.07, 6.45) is 2.01. The van der Waals surface area contributed by atoms with Crippen molar-refractivity contribution < 1.29 is 23.5 Å². The predicted molar refractivity (Wildman–Crippen MR) is 115 cm³/mol. The number of carbonyl (C=O) groups excluding carboxylic acids is 3. The van der Waals surface area contributed by atoms with E-state index < -0.39 is 24.1 Å². The van der Waals surface area contributed by atoms with Gasteiger partial charge >= 0.3 is 12.0 Å². The number of likely N-dealkylation sites (N-methyl/N-ethyl adjacent to an activating group) is 1. The van der Waals surface area contributed by atoms with Crippen molar-refractivity contribution >= 4 is 17.9 Å². The van der Waals surface area contributed by atoms with E-state index in [1.165, 1.54) is 6.26 Å². The zero-order valence-corrected chi connectivity index (χ0v) is 18.0. The van der Waals surface area contributed by atoms with E-state index in [2.05, 4.69) is 16.0 Å². The van der Waals surface area contributed by atoms with Crippen LogP contribution in [-0.2, 0) is 27.3 Å². The molecule has 0 radical (unpaired) electrons. The van der Waals surface area contributed by atoms with Crippen LogP contribution in [0.15, 0.2) is 58.3 Å². The lowest BCUT2D eigenvalue weighted by Crippen LogP contribution is -2.53. The molecule has 0 saturated heterocycles. The second-order valence-electron chi connectivity index (χ2n) is 7.67. The molecule has 1 aromatic heterocycles. The normalized spacial score (nSPS) is 20.8. The van der Waals surface area contributed by atoms with Crippen LogP contribution in [0, 0.1) is 0 Å². The molecular formula is C23H26N4O5. The van der Waals surface area contributed by atoms with E-state index in [0.717, 1.165) is 11.1 Å². The average molecular weight is 438 g/mol. The second-order valence-corrected chi connectivity index (χ2v) is 7.67. The van der Waals surface area contributed by atoms with Crippen molar-refractivity contribution in [1.82, 2.24) is 20.9 Å². The van der Waals surface area contributed by atoms with Crippen molar-refractivity contribution in [2.24, 2.45) is 0 Å². The molecule has 4 rings (SSSR count). The van der Waals surface area contributed by atoms with Gasteiger partial charge in [-0.05, 0) is 36.6 Å². The lowest BCUT2D eigenvalue weighted by Gasteiger charge is -2.38. The molecule has 2 aromatic rings. The van der Waals surface area contributed by atoms with Gasteiger partial charge in [0, 0.05) is 25.8 Å². The molecule has 2 aliphatic heterocycles. The van der Waals surface area contributed by atoms with Gasteiger partial charge < -0.3 is 25.1 Å². The van der Waals surface area contributed by atoms with Gasteiger partial charge in [-0.15, -0.1) is 0 Å². The summed E-state index contributed by atoms with van der Waals surface area (Å²) >= 11 is 0. The molecule has 3 N–H and O–H groups in total. The molecule has 1 aromatic carbocycles. The van der Waals surface area contributed by atoms with E-state index in [1.807, 2.05) is 29.2 Å². The molecule has 2 aliphatic rings. The van der Waals surface area contributed by atoms with E-state index >= 15 is 0 Å². The van der Waals surface area contributed by atoms with Gasteiger partial charge in [-0.3, -0.25) is 9.69 Å². The number of hydrogen-bond donors (Lipinski definition) is 3. The number of rotatable bonds is 6. The number of amides is 3. The minimum absolute atomic E-state index is 0.124. The molecule has 32 heavy (non-hydrogen) atoms. The van der Waals surface area contributed by atoms with E-state index in [1.54, 1.807) is 26.1 Å². The third-order valence-corrected chi connectivity index (χ3v) is 5.73. The summed E-state index contributed by atoms with van der Waals surface area (Å²) in [5.41, 5.74) is 2.87. The van der Waals surface area contributed by atoms with E-state index in [-0.39, 0.29) is 24.6 Å². The first-order valence-electron chi connectivity index (χ1n) is 10.5. The number of nitrogens with one attached hydrogen (secondary N) is 3. The van der Waals surface area contributed by atoms with Crippen LogP contribution < -0.4 is 16.0 Å². The summed E-state index contributed by atoms with van der Waals surface area (Å²) in [5.74, 6) is -0.252. The Morgan fingerprint density at radius 1 is 1.22 bits per heavy atom. The van der Waals surface area contributed by atoms with Gasteiger partial charge in [-0.1, -0.05) is 24.3 Å². The smallest absolute Gasteiger partial charge is 0.338 e. The number of furan rings is 1. The van der Waals surface area contributed by atoms with Crippen molar-refractivity contribution in [3.63, 3.8) is 0 Å². The topological polar surface area (TPSA) is 113 Å². The molecule has 9 nitrogen and oxygen atoms in total. The highest BCUT2D eigenvalue weighted by molar-refractivity contribution is 5.95. The Labute approximate surface area is 185 Å². The Kier molecular flexibility index (Phi) is 6.27. The Hall–Kier alpha value is -3.59. The van der Waals surface area contributed by atoms with Gasteiger partial charge in [0.15, 0.2) is 0 Å². The minimum Gasteiger partial charge on any atom is -0.467 e. The third-order valence-electron chi connectivity index (χ3n) is 5.73. The molecule has 0 unspecified atom stereocenters. The fraction of sp³-hybridized carbons (Fsp3) is 0.348. The third kappa shape index (κ3) is 4.24. The quantitative estimate of drug-likeness (QED) is 0.591. The van der Waals surface area contributed by atoms with Crippen LogP contribution in [-0.4, -0.2) is 49.0 Å². The predicted octanol–water partition coefficient (Wildman–Crippen LogP) is 1.62. The number of hydrogen-bond acceptors (Lipinski definition) is 6. The highest BCUT2D eigenvalue weighted by atomic mass is 16.5. The molecule has 3 heterocycles. The van der Waals surface area contributed by atoms with Gasteiger partial charge in [0.25, 0.3) is 0 Å². The summed E-state index contributed by atoms with van der Waals surface area (Å²) < 4.78 is 10.8. The molecule has 0 fully saturated rings. The van der Waals surface area contributed by atoms with Crippen LogP contribution in [0.5, 0.6) is 0 Å². The molecule has 0 aliphatic carbocycles. The standard InChI is InChI=1S/C23H26N4O5/c1-3-31-22(29)19-16(25-23(30)26-20(19)18-9-6-10-32-18)13-27-12-15-8-5-4-7-14(15)11-17(27)21(28)24-2/h4-10,17,20H,3,11-13H2,1-2H3,(H,24,28)(H2,25,26,30)/t17-,20-/m1/s1. The first-order chi connectivity index (χ1) is 15.5. The van der Waals surface area contributed by atoms with Crippen LogP contribution >= 0.6 is 0 Å². The molecule has 0 bridgehead atoms. The maximum atomic E-state index is 12.9. The number of fused-ring (bicyclic) bond motifs is 1. The maximum absolute atomic E-state index is 12.9. The van der Waals surface area contributed by atoms with Gasteiger partial charge in [0.05, 0.1) is 24.5 Å². The van der Waals surface area contributed by atoms with Crippen LogP contribution in [0.4, 0.5) is 4.79 Å². The molecule has 168 valence electrons. The van der Waals surface area contributed by atoms with Crippen molar-refractivity contribution in [1.29, 1.82) is 0 Å². The zero-order valence-electron chi connectivity index (χ0n) is 18.0. The number of urea groups is 1. The van der Waals surface area contributed by atoms with Gasteiger partial charge in [0.2, 0.25) is 5.91 Å². The van der Waals surface area contributed by atoms with Crippen LogP contribution in [0.2, 0.25) is 0 Å². The summed E-state index contributed by atoms with van der Waals surface area (Å²) in [5, 5.41) is 8.22. The van der Waals surface area contributed by atoms with Crippen molar-refractivity contribution in [2.45, 2.75) is 32.0 Å². The van der Waals surface area contributed by atoms with Crippen molar-refractivity contribution in [3.05, 3.63) is 70.8 Å². The highest BCUT2D eigenvalue weighted by Gasteiger charge is 2.38. The fourth-order valence-electron chi connectivity index (χ4n) is 4.23. The largest absolute Gasteiger partial charge is 0.467 e. The van der Waals surface area contributed by atoms with Crippen LogP contribution in [0.25, 0.3) is 0 Å². The molecule has 2 atom stereocenters. The molecule has 3 amide bonds. The monoisotopic (exact) mass is 438 g/mol. The van der Waals surface area contributed by atoms with E-state index in [0.29, 0.717) is 24.4 Å². The van der Waals surface area contributed by atoms with Crippen LogP contribution in [0.3, 0.4) is 0 Å². The number of esters is 1. The summed E-state index contributed by atoms with van der Waals surface area (Å²) in [7, 11) is 1.60. The number of benzene rings is 1. The number of ether oxygens (including phenoxy) is 1. The van der Waals surface area contributed by atoms with Crippen molar-refractivity contribution in [3.8, 4) is 0 Å². The van der Waals surface area contributed by atoms with Crippen molar-refractivity contribution in [2.75, 3.05) is 20.2 Å². The zero-order chi connectivity index (χ0) is 22.7. The maximum Gasteiger partial charge on any atom is 0.338 e. The first-order valence-corrected chi connectivity index (χ1v) is 10.5. The van der Waals surface area contributed by atoms with Gasteiger partial charge in [-0.25, -0.2) is 9.59 Å². The first kappa shape index (κ1) is 21.6. The van der Waals surface area contributed by atoms with Gasteiger partial charge in [-0.2, -0.15) is 0 Å². The molecule has 0 saturated carbocycles. The molecule has 0 spiro atoms. The SMILES string of the molecule is CCOC(=O)C1=C(CN2Cc3ccccc3C[C@@H]2C(=O)NC)NC(=O)N[C@@H]1c1ccco1. The number of carbonyl (C=O) groups is 3. The Bertz CT molecular complexity index is 1050. The highest BCUT2D eigenvalue weighted by Crippen LogP contribution is 2.30. The molecular weight excluding hydrogens is 412 g/mol. The Balaban J connectivity index is 1.74. The Morgan fingerprint density at radius 3 is 2.69 bits per heavy atom. The van der Waals surface area contributed by atoms with E-state index in [4.69, 9.17) is 9.15 Å². The minimum atomic E-state index is -0.789. The summed E-state index contributed by atoms with van der Waals surface area (Å²) in [6, 6.07) is 9.65. The molecule has 9 heteroatoms. The van der Waals surface area contributed by atoms with E-state index in [9.17, 15) is 14.4 Å². The van der Waals surface area contributed by atoms with Crippen LogP contribution in [0.1, 0.15) is 29.9 Å².